The van der Waals surface area contributed by atoms with Crippen molar-refractivity contribution >= 4 is 0 Å². The van der Waals surface area contributed by atoms with Gasteiger partial charge in [0.15, 0.2) is 0 Å². The van der Waals surface area contributed by atoms with Crippen molar-refractivity contribution in [3.05, 3.63) is 12.3 Å². The summed E-state index contributed by atoms with van der Waals surface area (Å²) in [6.45, 7) is 19.0. The molecule has 21 heavy (non-hydrogen) atoms. The monoisotopic (exact) mass is 294 g/mol. The molecule has 2 heteroatoms. The van der Waals surface area contributed by atoms with Crippen LogP contribution in [0.2, 0.25) is 0 Å². The van der Waals surface area contributed by atoms with Crippen LogP contribution >= 0.6 is 0 Å². The lowest BCUT2D eigenvalue weighted by atomic mass is 9.91. The van der Waals surface area contributed by atoms with Gasteiger partial charge in [-0.1, -0.05) is 39.7 Å². The second-order valence-corrected chi connectivity index (χ2v) is 8.40. The van der Waals surface area contributed by atoms with Crippen molar-refractivity contribution < 1.29 is 0 Å². The zero-order valence-corrected chi connectivity index (χ0v) is 15.2. The molecule has 1 heterocycles. The largest absolute Gasteiger partial charge is 0.383 e. The van der Waals surface area contributed by atoms with Gasteiger partial charge in [-0.15, -0.1) is 0 Å². The van der Waals surface area contributed by atoms with Gasteiger partial charge in [0.05, 0.1) is 0 Å². The Morgan fingerprint density at radius 3 is 2.62 bits per heavy atom. The van der Waals surface area contributed by atoms with Crippen LogP contribution < -0.4 is 5.32 Å². The van der Waals surface area contributed by atoms with Crippen molar-refractivity contribution in [2.75, 3.05) is 19.6 Å². The van der Waals surface area contributed by atoms with Gasteiger partial charge < -0.3 is 5.32 Å². The Bertz CT molecular complexity index is 301. The fourth-order valence-corrected chi connectivity index (χ4v) is 3.36. The third kappa shape index (κ3) is 9.18. The van der Waals surface area contributed by atoms with Crippen molar-refractivity contribution in [1.82, 2.24) is 10.2 Å². The lowest BCUT2D eigenvalue weighted by Crippen LogP contribution is -2.42. The highest BCUT2D eigenvalue weighted by atomic mass is 15.2. The molecular weight excluding hydrogens is 256 g/mol. The van der Waals surface area contributed by atoms with Gasteiger partial charge in [-0.25, -0.2) is 0 Å². The van der Waals surface area contributed by atoms with Crippen LogP contribution in [-0.2, 0) is 0 Å². The number of hydrogen-bond donors (Lipinski definition) is 1. The Balaban J connectivity index is 2.24. The van der Waals surface area contributed by atoms with E-state index in [0.29, 0.717) is 0 Å². The van der Waals surface area contributed by atoms with Crippen LogP contribution in [0.25, 0.3) is 0 Å². The first-order valence-electron chi connectivity index (χ1n) is 8.94. The van der Waals surface area contributed by atoms with Crippen molar-refractivity contribution in [2.24, 2.45) is 11.8 Å². The Morgan fingerprint density at radius 1 is 1.29 bits per heavy atom. The molecule has 0 aromatic carbocycles. The second-order valence-electron chi connectivity index (χ2n) is 8.40. The number of piperidine rings is 1. The predicted octanol–water partition coefficient (Wildman–Crippen LogP) is 4.82. The lowest BCUT2D eigenvalue weighted by Gasteiger charge is -2.34. The average Bonchev–Trinajstić information content (AvgIpc) is 2.32. The second kappa shape index (κ2) is 8.82. The van der Waals surface area contributed by atoms with Gasteiger partial charge in [-0.2, -0.15) is 0 Å². The Labute approximate surface area is 133 Å². The van der Waals surface area contributed by atoms with E-state index in [1.807, 2.05) is 0 Å². The zero-order chi connectivity index (χ0) is 15.9. The molecule has 0 spiro atoms. The third-order valence-corrected chi connectivity index (χ3v) is 4.21. The van der Waals surface area contributed by atoms with Gasteiger partial charge in [-0.05, 0) is 58.4 Å². The predicted molar refractivity (Wildman–Crippen MR) is 94.5 cm³/mol. The first kappa shape index (κ1) is 18.5. The summed E-state index contributed by atoms with van der Waals surface area (Å²) < 4.78 is 0. The molecule has 0 aromatic rings. The molecule has 0 aliphatic carbocycles. The van der Waals surface area contributed by atoms with Crippen molar-refractivity contribution in [2.45, 2.75) is 78.7 Å². The van der Waals surface area contributed by atoms with E-state index in [2.05, 4.69) is 51.4 Å². The highest BCUT2D eigenvalue weighted by Crippen LogP contribution is 2.23. The van der Waals surface area contributed by atoms with E-state index >= 15 is 0 Å². The van der Waals surface area contributed by atoms with E-state index in [9.17, 15) is 0 Å². The van der Waals surface area contributed by atoms with E-state index < -0.39 is 0 Å². The van der Waals surface area contributed by atoms with Gasteiger partial charge in [0.1, 0.15) is 0 Å². The van der Waals surface area contributed by atoms with Gasteiger partial charge in [0.25, 0.3) is 0 Å². The minimum Gasteiger partial charge on any atom is -0.383 e. The SMILES string of the molecule is C=C(CN1CCCC(CCCCC(C)C)C1)NC(C)(C)C. The van der Waals surface area contributed by atoms with Gasteiger partial charge in [0, 0.05) is 24.3 Å². The zero-order valence-electron chi connectivity index (χ0n) is 15.2. The molecule has 0 saturated carbocycles. The van der Waals surface area contributed by atoms with Crippen LogP contribution in [0.1, 0.15) is 73.1 Å². The summed E-state index contributed by atoms with van der Waals surface area (Å²) in [6, 6.07) is 0. The van der Waals surface area contributed by atoms with Crippen LogP contribution in [0, 0.1) is 11.8 Å². The molecule has 1 atom stereocenters. The maximum absolute atomic E-state index is 4.20. The lowest BCUT2D eigenvalue weighted by molar-refractivity contribution is 0.174. The van der Waals surface area contributed by atoms with Crippen molar-refractivity contribution in [3.63, 3.8) is 0 Å². The van der Waals surface area contributed by atoms with E-state index in [1.165, 1.54) is 57.3 Å². The molecule has 0 radical (unpaired) electrons. The number of nitrogens with one attached hydrogen (secondary N) is 1. The normalized spacial score (nSPS) is 20.8. The summed E-state index contributed by atoms with van der Waals surface area (Å²) in [6.07, 6.45) is 8.42. The van der Waals surface area contributed by atoms with Gasteiger partial charge in [0.2, 0.25) is 0 Å². The van der Waals surface area contributed by atoms with Crippen LogP contribution in [-0.4, -0.2) is 30.1 Å². The Morgan fingerprint density at radius 2 is 2.00 bits per heavy atom. The Kier molecular flexibility index (Phi) is 7.79. The molecule has 1 unspecified atom stereocenters. The molecular formula is C19H38N2. The quantitative estimate of drug-likeness (QED) is 0.646. The van der Waals surface area contributed by atoms with Gasteiger partial charge >= 0.3 is 0 Å². The summed E-state index contributed by atoms with van der Waals surface area (Å²) in [5.41, 5.74) is 1.30. The van der Waals surface area contributed by atoms with Crippen LogP contribution in [0.15, 0.2) is 12.3 Å². The molecule has 1 saturated heterocycles. The van der Waals surface area contributed by atoms with Crippen molar-refractivity contribution in [1.29, 1.82) is 0 Å². The van der Waals surface area contributed by atoms with E-state index in [-0.39, 0.29) is 5.54 Å². The molecule has 1 rings (SSSR count). The molecule has 0 bridgehead atoms. The number of unbranched alkanes of at least 4 members (excludes halogenated alkanes) is 1. The topological polar surface area (TPSA) is 15.3 Å². The number of hydrogen-bond acceptors (Lipinski definition) is 2. The van der Waals surface area contributed by atoms with Crippen LogP contribution in [0.5, 0.6) is 0 Å². The van der Waals surface area contributed by atoms with E-state index in [1.54, 1.807) is 0 Å². The average molecular weight is 295 g/mol. The summed E-state index contributed by atoms with van der Waals surface area (Å²) >= 11 is 0. The molecule has 1 N–H and O–H groups in total. The maximum Gasteiger partial charge on any atom is 0.0376 e. The smallest absolute Gasteiger partial charge is 0.0376 e. The minimum absolute atomic E-state index is 0.128. The van der Waals surface area contributed by atoms with E-state index in [4.69, 9.17) is 0 Å². The fourth-order valence-electron chi connectivity index (χ4n) is 3.36. The van der Waals surface area contributed by atoms with Crippen LogP contribution in [0.4, 0.5) is 0 Å². The van der Waals surface area contributed by atoms with Gasteiger partial charge in [-0.3, -0.25) is 4.90 Å². The van der Waals surface area contributed by atoms with Crippen molar-refractivity contribution in [3.8, 4) is 0 Å². The molecule has 0 amide bonds. The minimum atomic E-state index is 0.128. The first-order chi connectivity index (χ1) is 9.76. The van der Waals surface area contributed by atoms with Crippen LogP contribution in [0.3, 0.4) is 0 Å². The number of rotatable bonds is 8. The maximum atomic E-state index is 4.20. The molecule has 1 aliphatic rings. The summed E-state index contributed by atoms with van der Waals surface area (Å²) in [5.74, 6) is 1.77. The molecule has 124 valence electrons. The molecule has 1 aliphatic heterocycles. The summed E-state index contributed by atoms with van der Waals surface area (Å²) in [7, 11) is 0. The fraction of sp³-hybridized carbons (Fsp3) is 0.895. The molecule has 1 fully saturated rings. The third-order valence-electron chi connectivity index (χ3n) is 4.21. The van der Waals surface area contributed by atoms with E-state index in [0.717, 1.165) is 18.4 Å². The number of nitrogens with zero attached hydrogens (tertiary/aromatic N) is 1. The standard InChI is InChI=1S/C19H38N2/c1-16(2)10-7-8-11-18-12-9-13-21(15-18)14-17(3)20-19(4,5)6/h16,18,20H,3,7-15H2,1-2,4-6H3. The highest BCUT2D eigenvalue weighted by Gasteiger charge is 2.20. The highest BCUT2D eigenvalue weighted by molar-refractivity contribution is 4.99. The number of likely N-dealkylation sites (tertiary alicyclic amines) is 1. The molecule has 2 nitrogen and oxygen atoms in total. The summed E-state index contributed by atoms with van der Waals surface area (Å²) in [4.78, 5) is 2.59. The first-order valence-corrected chi connectivity index (χ1v) is 8.94. The molecule has 0 aromatic heterocycles. The Hall–Kier alpha value is -0.500. The summed E-state index contributed by atoms with van der Waals surface area (Å²) in [5, 5.41) is 3.51.